The molecule has 4 bridgehead atoms. The van der Waals surface area contributed by atoms with Crippen LogP contribution in [0.1, 0.15) is 96.5 Å². The van der Waals surface area contributed by atoms with Gasteiger partial charge in [0.05, 0.1) is 37.6 Å². The molecule has 2 saturated heterocycles. The van der Waals surface area contributed by atoms with E-state index in [1.165, 1.54) is 32.9 Å². The van der Waals surface area contributed by atoms with Crippen molar-refractivity contribution in [3.05, 3.63) is 62.7 Å². The molecular formula is C45H59N3O13S. The first kappa shape index (κ1) is 45.5. The minimum absolute atomic E-state index is 0.0226. The van der Waals surface area contributed by atoms with Crippen LogP contribution in [0.2, 0.25) is 0 Å². The number of aliphatic hydroxyl groups excluding tert-OH is 3. The molecule has 338 valence electrons. The number of carbonyl (C=O) groups excluding carboxylic acids is 2. The van der Waals surface area contributed by atoms with Crippen LogP contribution in [-0.4, -0.2) is 125 Å². The molecule has 7 aliphatic heterocycles. The Morgan fingerprint density at radius 1 is 0.952 bits per heavy atom. The Hall–Kier alpha value is -4.49. The number of phenolic OH excluding ortho intramolecular Hbond substituents is 2. The first-order valence-electron chi connectivity index (χ1n) is 20.9. The highest BCUT2D eigenvalue weighted by Gasteiger charge is 2.61. The third kappa shape index (κ3) is 7.58. The van der Waals surface area contributed by atoms with E-state index in [0.717, 1.165) is 16.7 Å². The van der Waals surface area contributed by atoms with Crippen LogP contribution in [0.4, 0.5) is 0 Å². The summed E-state index contributed by atoms with van der Waals surface area (Å²) in [6.07, 6.45) is -0.362. The van der Waals surface area contributed by atoms with Crippen LogP contribution in [0.25, 0.3) is 0 Å². The Kier molecular flexibility index (Phi) is 12.9. The number of methoxy groups -OCH3 is 2. The van der Waals surface area contributed by atoms with Gasteiger partial charge >= 0.3 is 11.9 Å². The standard InChI is InChI=1S/C39H43N3O11S.2C3H8O/c1-16-9-20-10-22-37(46)42-23-13-50-38(47)39(21-12-25(48-5)24(44)11-19(21)7-8-40-39)14-54-36(30(42)29(41(22)4)26(20)31(45)32(16)49-6)28-27(23)35-34(51-15-52-35)17(2)33(28)53-18(3)43;2*1-3(2)4/h9,11-12,22-23,29-30,36-37,40,44-46H,7-8,10,13-15H2,1-6H3;2*3-4H,1-2H3/t22-,23-,29+,30+,36+,37-,39+;;/m0../s1. The molecule has 0 radical (unpaired) electrons. The van der Waals surface area contributed by atoms with Gasteiger partial charge in [0, 0.05) is 59.7 Å². The lowest BCUT2D eigenvalue weighted by Crippen LogP contribution is -2.70. The summed E-state index contributed by atoms with van der Waals surface area (Å²) in [5.41, 5.74) is 4.36. The molecule has 7 aliphatic rings. The van der Waals surface area contributed by atoms with Crippen LogP contribution in [0.5, 0.6) is 40.2 Å². The maximum atomic E-state index is 14.7. The Bertz CT molecular complexity index is 2220. The largest absolute Gasteiger partial charge is 0.504 e. The third-order valence-electron chi connectivity index (χ3n) is 12.3. The topological polar surface area (TPSA) is 209 Å². The summed E-state index contributed by atoms with van der Waals surface area (Å²) in [5.74, 6) is 0.949. The van der Waals surface area contributed by atoms with Crippen molar-refractivity contribution >= 4 is 23.7 Å². The number of nitrogens with zero attached hydrogens (tertiary/aromatic N) is 2. The van der Waals surface area contributed by atoms with Crippen LogP contribution in [-0.2, 0) is 32.7 Å². The number of hydrogen-bond donors (Lipinski definition) is 6. The van der Waals surface area contributed by atoms with Crippen molar-refractivity contribution in [2.75, 3.05) is 47.0 Å². The molecule has 6 N–H and O–H groups in total. The van der Waals surface area contributed by atoms with Crippen LogP contribution >= 0.6 is 11.8 Å². The highest BCUT2D eigenvalue weighted by Crippen LogP contribution is 2.64. The number of ether oxygens (including phenoxy) is 6. The van der Waals surface area contributed by atoms with Crippen LogP contribution in [0, 0.1) is 13.8 Å². The van der Waals surface area contributed by atoms with Gasteiger partial charge in [0.1, 0.15) is 18.6 Å². The number of phenols is 2. The van der Waals surface area contributed by atoms with Crippen molar-refractivity contribution in [2.45, 2.75) is 115 Å². The summed E-state index contributed by atoms with van der Waals surface area (Å²) in [6, 6.07) is 3.13. The van der Waals surface area contributed by atoms with Gasteiger partial charge in [-0.3, -0.25) is 19.9 Å². The van der Waals surface area contributed by atoms with E-state index in [1.807, 2.05) is 31.9 Å². The molecule has 0 aliphatic carbocycles. The maximum Gasteiger partial charge on any atom is 0.331 e. The SMILES string of the molecule is CC(C)O.CC(C)O.COc1cc2c(cc1O)CCN[C@]21CS[C@@H]2c3c(OC(C)=O)c(C)c4c(c3[C@H](COC1=O)N1[C@@H]2[C@H]2c3c(cc(C)c(OC)c3O)C[C@@H]([C@@H]1O)N2C)OCO4. The highest BCUT2D eigenvalue weighted by molar-refractivity contribution is 7.99. The van der Waals surface area contributed by atoms with Gasteiger partial charge in [0.2, 0.25) is 6.79 Å². The molecule has 0 amide bonds. The Morgan fingerprint density at radius 2 is 1.63 bits per heavy atom. The van der Waals surface area contributed by atoms with Crippen molar-refractivity contribution in [3.8, 4) is 40.2 Å². The number of piperazine rings is 1. The second kappa shape index (κ2) is 17.6. The van der Waals surface area contributed by atoms with E-state index in [4.69, 9.17) is 38.6 Å². The lowest BCUT2D eigenvalue weighted by atomic mass is 9.73. The molecule has 0 aromatic heterocycles. The normalized spacial score (nSPS) is 26.8. The lowest BCUT2D eigenvalue weighted by molar-refractivity contribution is -0.186. The number of aliphatic hydroxyl groups is 3. The molecule has 3 aromatic rings. The first-order valence-corrected chi connectivity index (χ1v) is 21.9. The zero-order valence-electron chi connectivity index (χ0n) is 36.9. The van der Waals surface area contributed by atoms with Gasteiger partial charge in [-0.2, -0.15) is 0 Å². The van der Waals surface area contributed by atoms with Gasteiger partial charge in [-0.25, -0.2) is 4.79 Å². The number of nitrogens with one attached hydrogen (secondary N) is 1. The number of hydrogen-bond acceptors (Lipinski definition) is 17. The van der Waals surface area contributed by atoms with E-state index in [1.54, 1.807) is 39.8 Å². The molecule has 10 rings (SSSR count). The van der Waals surface area contributed by atoms with E-state index < -0.39 is 47.1 Å². The summed E-state index contributed by atoms with van der Waals surface area (Å²) in [4.78, 5) is 31.7. The summed E-state index contributed by atoms with van der Waals surface area (Å²) < 4.78 is 35.9. The molecule has 7 heterocycles. The van der Waals surface area contributed by atoms with E-state index >= 15 is 0 Å². The number of thioether (sulfide) groups is 1. The molecule has 17 heteroatoms. The fourth-order valence-corrected chi connectivity index (χ4v) is 11.7. The van der Waals surface area contributed by atoms with E-state index in [9.17, 15) is 24.9 Å². The molecule has 62 heavy (non-hydrogen) atoms. The second-order valence-corrected chi connectivity index (χ2v) is 18.2. The van der Waals surface area contributed by atoms with E-state index in [2.05, 4.69) is 10.2 Å². The van der Waals surface area contributed by atoms with Crippen LogP contribution in [0.15, 0.2) is 18.2 Å². The number of rotatable bonds is 3. The molecule has 3 aromatic carbocycles. The summed E-state index contributed by atoms with van der Waals surface area (Å²) in [5, 5.41) is 54.3. The fraction of sp³-hybridized carbons (Fsp3) is 0.556. The van der Waals surface area contributed by atoms with Gasteiger partial charge in [0.25, 0.3) is 0 Å². The van der Waals surface area contributed by atoms with Crippen LogP contribution < -0.4 is 29.0 Å². The minimum atomic E-state index is -1.36. The molecule has 7 atom stereocenters. The predicted molar refractivity (Wildman–Crippen MR) is 229 cm³/mol. The van der Waals surface area contributed by atoms with Gasteiger partial charge in [-0.05, 0) is 95.8 Å². The Morgan fingerprint density at radius 3 is 2.27 bits per heavy atom. The second-order valence-electron chi connectivity index (χ2n) is 17.1. The van der Waals surface area contributed by atoms with E-state index in [-0.39, 0.29) is 54.7 Å². The first-order chi connectivity index (χ1) is 29.4. The number of aromatic hydroxyl groups is 2. The Labute approximate surface area is 366 Å². The minimum Gasteiger partial charge on any atom is -0.504 e. The molecule has 0 saturated carbocycles. The van der Waals surface area contributed by atoms with Gasteiger partial charge in [-0.15, -0.1) is 11.8 Å². The van der Waals surface area contributed by atoms with Gasteiger partial charge in [-0.1, -0.05) is 6.07 Å². The summed E-state index contributed by atoms with van der Waals surface area (Å²) >= 11 is 1.47. The van der Waals surface area contributed by atoms with Crippen molar-refractivity contribution in [1.29, 1.82) is 0 Å². The molecular weight excluding hydrogens is 823 g/mol. The van der Waals surface area contributed by atoms with E-state index in [0.29, 0.717) is 70.2 Å². The monoisotopic (exact) mass is 881 g/mol. The Balaban J connectivity index is 0.000000668. The molecule has 0 unspecified atom stereocenters. The summed E-state index contributed by atoms with van der Waals surface area (Å²) in [6.45, 7) is 12.1. The number of esters is 2. The summed E-state index contributed by atoms with van der Waals surface area (Å²) in [7, 11) is 4.96. The van der Waals surface area contributed by atoms with Crippen molar-refractivity contribution < 1.29 is 63.5 Å². The van der Waals surface area contributed by atoms with Crippen LogP contribution in [0.3, 0.4) is 0 Å². The lowest BCUT2D eigenvalue weighted by Gasteiger charge is -2.62. The van der Waals surface area contributed by atoms with Crippen molar-refractivity contribution in [2.24, 2.45) is 0 Å². The van der Waals surface area contributed by atoms with Gasteiger partial charge < -0.3 is 54.0 Å². The zero-order chi connectivity index (χ0) is 45.1. The zero-order valence-corrected chi connectivity index (χ0v) is 37.7. The molecule has 2 fully saturated rings. The predicted octanol–water partition coefficient (Wildman–Crippen LogP) is 4.19. The third-order valence-corrected chi connectivity index (χ3v) is 13.7. The number of benzene rings is 3. The fourth-order valence-electron chi connectivity index (χ4n) is 10.00. The molecule has 16 nitrogen and oxygen atoms in total. The highest BCUT2D eigenvalue weighted by atomic mass is 32.2. The van der Waals surface area contributed by atoms with Crippen molar-refractivity contribution in [1.82, 2.24) is 15.1 Å². The number of aryl methyl sites for hydroxylation is 1. The van der Waals surface area contributed by atoms with Gasteiger partial charge in [0.15, 0.2) is 40.0 Å². The quantitative estimate of drug-likeness (QED) is 0.161. The maximum absolute atomic E-state index is 14.7. The average molecular weight is 882 g/mol. The smallest absolute Gasteiger partial charge is 0.331 e. The number of fused-ring (bicyclic) bond motifs is 9. The average Bonchev–Trinajstić information content (AvgIpc) is 3.69. The molecule has 1 spiro atoms. The number of likely N-dealkylation sites (N-methyl/N-ethyl adjacent to an activating group) is 1. The van der Waals surface area contributed by atoms with Crippen molar-refractivity contribution in [3.63, 3.8) is 0 Å². The number of carbonyl (C=O) groups is 2.